The lowest BCUT2D eigenvalue weighted by Crippen LogP contribution is -2.33. The van der Waals surface area contributed by atoms with Crippen molar-refractivity contribution in [2.24, 2.45) is 0 Å². The van der Waals surface area contributed by atoms with Crippen LogP contribution in [0.5, 0.6) is 0 Å². The highest BCUT2D eigenvalue weighted by molar-refractivity contribution is 9.10. The molecule has 0 bridgehead atoms. The summed E-state index contributed by atoms with van der Waals surface area (Å²) in [7, 11) is 4.20. The summed E-state index contributed by atoms with van der Waals surface area (Å²) < 4.78 is 3.15. The largest absolute Gasteiger partial charge is 0.308 e. The first-order chi connectivity index (χ1) is 8.10. The fourth-order valence-corrected chi connectivity index (χ4v) is 2.47. The summed E-state index contributed by atoms with van der Waals surface area (Å²) in [5, 5.41) is 7.97. The van der Waals surface area contributed by atoms with Crippen molar-refractivity contribution in [2.45, 2.75) is 32.9 Å². The summed E-state index contributed by atoms with van der Waals surface area (Å²) in [5.41, 5.74) is 1.25. The molecule has 0 aliphatic rings. The van der Waals surface area contributed by atoms with E-state index in [-0.39, 0.29) is 0 Å². The van der Waals surface area contributed by atoms with E-state index in [0.29, 0.717) is 6.04 Å². The summed E-state index contributed by atoms with van der Waals surface area (Å²) >= 11 is 3.60. The van der Waals surface area contributed by atoms with E-state index in [2.05, 4.69) is 63.9 Å². The van der Waals surface area contributed by atoms with Crippen molar-refractivity contribution < 1.29 is 0 Å². The number of halogens is 1. The molecule has 17 heavy (non-hydrogen) atoms. The molecule has 1 rings (SSSR count). The first kappa shape index (κ1) is 14.7. The standard InChI is InChI=1S/C12H23BrN4/c1-5-7-14-11(9-16(3)4)12-10(13)8-15-17(12)6-2/h8,11,14H,5-7,9H2,1-4H3. The topological polar surface area (TPSA) is 33.1 Å². The van der Waals surface area contributed by atoms with Crippen LogP contribution < -0.4 is 5.32 Å². The number of rotatable bonds is 7. The van der Waals surface area contributed by atoms with E-state index in [9.17, 15) is 0 Å². The predicted molar refractivity (Wildman–Crippen MR) is 75.2 cm³/mol. The Morgan fingerprint density at radius 1 is 1.47 bits per heavy atom. The molecule has 0 radical (unpaired) electrons. The minimum Gasteiger partial charge on any atom is -0.308 e. The molecule has 1 aromatic heterocycles. The number of nitrogens with zero attached hydrogens (tertiary/aromatic N) is 3. The van der Waals surface area contributed by atoms with Crippen LogP contribution in [0.2, 0.25) is 0 Å². The zero-order chi connectivity index (χ0) is 12.8. The second-order valence-corrected chi connectivity index (χ2v) is 5.32. The van der Waals surface area contributed by atoms with Crippen LogP contribution in [0, 0.1) is 0 Å². The molecule has 1 heterocycles. The van der Waals surface area contributed by atoms with Crippen LogP contribution in [0.15, 0.2) is 10.7 Å². The fraction of sp³-hybridized carbons (Fsp3) is 0.750. The molecule has 1 atom stereocenters. The third kappa shape index (κ3) is 4.08. The highest BCUT2D eigenvalue weighted by Gasteiger charge is 2.19. The Kier molecular flexibility index (Phi) is 6.16. The van der Waals surface area contributed by atoms with E-state index >= 15 is 0 Å². The molecule has 1 unspecified atom stereocenters. The SMILES string of the molecule is CCCNC(CN(C)C)c1c(Br)cnn1CC. The number of hydrogen-bond donors (Lipinski definition) is 1. The van der Waals surface area contributed by atoms with Gasteiger partial charge in [0.05, 0.1) is 22.4 Å². The van der Waals surface area contributed by atoms with Crippen molar-refractivity contribution >= 4 is 15.9 Å². The van der Waals surface area contributed by atoms with Crippen molar-refractivity contribution in [3.63, 3.8) is 0 Å². The Labute approximate surface area is 113 Å². The maximum atomic E-state index is 4.38. The Bertz CT molecular complexity index is 335. The molecule has 98 valence electrons. The number of likely N-dealkylation sites (N-methyl/N-ethyl adjacent to an activating group) is 1. The quantitative estimate of drug-likeness (QED) is 0.839. The second-order valence-electron chi connectivity index (χ2n) is 4.46. The van der Waals surface area contributed by atoms with E-state index in [4.69, 9.17) is 0 Å². The molecule has 0 saturated carbocycles. The number of nitrogens with one attached hydrogen (secondary N) is 1. The van der Waals surface area contributed by atoms with Gasteiger partial charge in [-0.1, -0.05) is 6.92 Å². The number of aryl methyl sites for hydroxylation is 1. The maximum absolute atomic E-state index is 4.38. The monoisotopic (exact) mass is 302 g/mol. The molecule has 0 fully saturated rings. The number of aromatic nitrogens is 2. The van der Waals surface area contributed by atoms with Crippen LogP contribution in [0.1, 0.15) is 32.0 Å². The van der Waals surface area contributed by atoms with Gasteiger partial charge in [-0.15, -0.1) is 0 Å². The normalized spacial score (nSPS) is 13.3. The van der Waals surface area contributed by atoms with Crippen LogP contribution in [-0.2, 0) is 6.54 Å². The van der Waals surface area contributed by atoms with E-state index in [1.807, 2.05) is 6.20 Å². The van der Waals surface area contributed by atoms with Gasteiger partial charge in [-0.2, -0.15) is 5.10 Å². The molecule has 4 nitrogen and oxygen atoms in total. The van der Waals surface area contributed by atoms with E-state index in [1.165, 1.54) is 5.69 Å². The molecule has 0 aliphatic heterocycles. The van der Waals surface area contributed by atoms with Crippen molar-refractivity contribution in [3.05, 3.63) is 16.4 Å². The maximum Gasteiger partial charge on any atom is 0.0708 e. The summed E-state index contributed by atoms with van der Waals surface area (Å²) in [5.74, 6) is 0. The minimum atomic E-state index is 0.321. The van der Waals surface area contributed by atoms with Crippen LogP contribution in [-0.4, -0.2) is 41.9 Å². The molecule has 1 aromatic rings. The minimum absolute atomic E-state index is 0.321. The van der Waals surface area contributed by atoms with Crippen molar-refractivity contribution in [3.8, 4) is 0 Å². The predicted octanol–water partition coefficient (Wildman–Crippen LogP) is 2.27. The highest BCUT2D eigenvalue weighted by atomic mass is 79.9. The molecular weight excluding hydrogens is 280 g/mol. The van der Waals surface area contributed by atoms with Gasteiger partial charge in [-0.3, -0.25) is 4.68 Å². The molecular formula is C12H23BrN4. The third-order valence-electron chi connectivity index (χ3n) is 2.65. The third-order valence-corrected chi connectivity index (χ3v) is 3.26. The average molecular weight is 303 g/mol. The van der Waals surface area contributed by atoms with Gasteiger partial charge < -0.3 is 10.2 Å². The van der Waals surface area contributed by atoms with Crippen LogP contribution in [0.4, 0.5) is 0 Å². The van der Waals surface area contributed by atoms with Gasteiger partial charge in [0.15, 0.2) is 0 Å². The first-order valence-electron chi connectivity index (χ1n) is 6.19. The smallest absolute Gasteiger partial charge is 0.0708 e. The lowest BCUT2D eigenvalue weighted by molar-refractivity contribution is 0.329. The summed E-state index contributed by atoms with van der Waals surface area (Å²) in [6.45, 7) is 7.21. The van der Waals surface area contributed by atoms with Gasteiger partial charge >= 0.3 is 0 Å². The van der Waals surface area contributed by atoms with E-state index in [0.717, 1.165) is 30.5 Å². The fourth-order valence-electron chi connectivity index (χ4n) is 1.90. The van der Waals surface area contributed by atoms with Gasteiger partial charge in [0.25, 0.3) is 0 Å². The van der Waals surface area contributed by atoms with Crippen molar-refractivity contribution in [1.29, 1.82) is 0 Å². The van der Waals surface area contributed by atoms with Crippen molar-refractivity contribution in [2.75, 3.05) is 27.2 Å². The van der Waals surface area contributed by atoms with E-state index < -0.39 is 0 Å². The van der Waals surface area contributed by atoms with Gasteiger partial charge in [0, 0.05) is 13.1 Å². The summed E-state index contributed by atoms with van der Waals surface area (Å²) in [6.07, 6.45) is 3.02. The van der Waals surface area contributed by atoms with Gasteiger partial charge in [-0.25, -0.2) is 0 Å². The molecule has 0 saturated heterocycles. The lowest BCUT2D eigenvalue weighted by Gasteiger charge is -2.23. The lowest BCUT2D eigenvalue weighted by atomic mass is 10.2. The molecule has 5 heteroatoms. The molecule has 0 amide bonds. The van der Waals surface area contributed by atoms with Gasteiger partial charge in [-0.05, 0) is 49.9 Å². The average Bonchev–Trinajstić information content (AvgIpc) is 2.65. The summed E-state index contributed by atoms with van der Waals surface area (Å²) in [4.78, 5) is 2.20. The van der Waals surface area contributed by atoms with Gasteiger partial charge in [0.2, 0.25) is 0 Å². The van der Waals surface area contributed by atoms with Crippen molar-refractivity contribution in [1.82, 2.24) is 20.0 Å². The Morgan fingerprint density at radius 2 is 2.18 bits per heavy atom. The van der Waals surface area contributed by atoms with E-state index in [1.54, 1.807) is 0 Å². The number of hydrogen-bond acceptors (Lipinski definition) is 3. The van der Waals surface area contributed by atoms with Crippen LogP contribution in [0.3, 0.4) is 0 Å². The molecule has 0 aromatic carbocycles. The van der Waals surface area contributed by atoms with Crippen LogP contribution in [0.25, 0.3) is 0 Å². The molecule has 0 spiro atoms. The molecule has 1 N–H and O–H groups in total. The first-order valence-corrected chi connectivity index (χ1v) is 6.98. The van der Waals surface area contributed by atoms with Gasteiger partial charge in [0.1, 0.15) is 0 Å². The Morgan fingerprint density at radius 3 is 2.71 bits per heavy atom. The highest BCUT2D eigenvalue weighted by Crippen LogP contribution is 2.23. The summed E-state index contributed by atoms with van der Waals surface area (Å²) in [6, 6.07) is 0.321. The zero-order valence-corrected chi connectivity index (χ0v) is 12.8. The molecule has 0 aliphatic carbocycles. The Hall–Kier alpha value is -0.390. The van der Waals surface area contributed by atoms with Crippen LogP contribution >= 0.6 is 15.9 Å². The second kappa shape index (κ2) is 7.13. The Balaban J connectivity index is 2.89. The zero-order valence-electron chi connectivity index (χ0n) is 11.2.